The second-order valence-corrected chi connectivity index (χ2v) is 14.3. The van der Waals surface area contributed by atoms with Gasteiger partial charge in [0.05, 0.1) is 17.5 Å². The van der Waals surface area contributed by atoms with Crippen molar-refractivity contribution in [2.24, 2.45) is 0 Å². The summed E-state index contributed by atoms with van der Waals surface area (Å²) < 4.78 is 81.7. The molecule has 6 rings (SSSR count). The molecule has 0 bridgehead atoms. The normalized spacial score (nSPS) is 21.7. The molecule has 2 aromatic carbocycles. The van der Waals surface area contributed by atoms with E-state index in [0.29, 0.717) is 38.8 Å². The number of imide groups is 2. The van der Waals surface area contributed by atoms with E-state index in [-0.39, 0.29) is 56.3 Å². The van der Waals surface area contributed by atoms with Crippen LogP contribution in [-0.2, 0) is 34.7 Å². The van der Waals surface area contributed by atoms with Crippen molar-refractivity contribution < 1.29 is 60.1 Å². The minimum Gasteiger partial charge on any atom is -0.483 e. The SMILES string of the molecule is O=C1NC(=O)C(c2ccc(Oc3ccc(OC(F)(F)F)cc3)cc2)(N2CCC3(CC2)CN(S(=O)(=O)C2CCNCC2)CCO3)C(=O)N1.O=CO. The van der Waals surface area contributed by atoms with E-state index in [2.05, 4.69) is 20.7 Å². The van der Waals surface area contributed by atoms with E-state index in [4.69, 9.17) is 19.4 Å². The van der Waals surface area contributed by atoms with Gasteiger partial charge >= 0.3 is 12.4 Å². The Morgan fingerprint density at radius 1 is 0.880 bits per heavy atom. The summed E-state index contributed by atoms with van der Waals surface area (Å²) in [5, 5.41) is 14.0. The molecule has 0 radical (unpaired) electrons. The first-order valence-electron chi connectivity index (χ1n) is 15.7. The van der Waals surface area contributed by atoms with E-state index in [1.807, 2.05) is 0 Å². The van der Waals surface area contributed by atoms with Gasteiger partial charge in [0.25, 0.3) is 18.3 Å². The fourth-order valence-corrected chi connectivity index (χ4v) is 8.74. The number of morpholine rings is 1. The molecule has 4 aliphatic heterocycles. The van der Waals surface area contributed by atoms with Gasteiger partial charge in [-0.15, -0.1) is 13.2 Å². The van der Waals surface area contributed by atoms with Gasteiger partial charge in [0.1, 0.15) is 17.2 Å². The van der Waals surface area contributed by atoms with Crippen molar-refractivity contribution in [2.45, 2.75) is 48.4 Å². The number of carboxylic acid groups (broad SMARTS) is 1. The van der Waals surface area contributed by atoms with Gasteiger partial charge < -0.3 is 24.6 Å². The summed E-state index contributed by atoms with van der Waals surface area (Å²) in [7, 11) is -3.54. The molecular weight excluding hydrogens is 691 g/mol. The molecule has 4 saturated heterocycles. The van der Waals surface area contributed by atoms with Crippen LogP contribution in [0.25, 0.3) is 0 Å². The van der Waals surface area contributed by atoms with Crippen molar-refractivity contribution in [1.82, 2.24) is 25.2 Å². The van der Waals surface area contributed by atoms with Crippen LogP contribution in [0.5, 0.6) is 17.2 Å². The van der Waals surface area contributed by atoms with E-state index in [9.17, 15) is 36.0 Å². The molecule has 4 N–H and O–H groups in total. The quantitative estimate of drug-likeness (QED) is 0.240. The molecule has 15 nitrogen and oxygen atoms in total. The number of urea groups is 1. The lowest BCUT2D eigenvalue weighted by molar-refractivity contribution is -0.274. The highest BCUT2D eigenvalue weighted by Gasteiger charge is 2.58. The number of amides is 4. The van der Waals surface area contributed by atoms with E-state index >= 15 is 0 Å². The second kappa shape index (κ2) is 14.9. The number of piperidine rings is 2. The minimum absolute atomic E-state index is 0.173. The van der Waals surface area contributed by atoms with Gasteiger partial charge in [-0.25, -0.2) is 13.2 Å². The summed E-state index contributed by atoms with van der Waals surface area (Å²) in [6.45, 7) is 2.06. The molecule has 0 atom stereocenters. The molecule has 4 aliphatic rings. The van der Waals surface area contributed by atoms with Crippen molar-refractivity contribution in [3.05, 3.63) is 54.1 Å². The maximum absolute atomic E-state index is 13.6. The van der Waals surface area contributed by atoms with E-state index in [1.54, 1.807) is 4.90 Å². The number of barbiturate groups is 1. The Morgan fingerprint density at radius 2 is 1.40 bits per heavy atom. The maximum atomic E-state index is 13.6. The number of carbonyl (C=O) groups is 4. The summed E-state index contributed by atoms with van der Waals surface area (Å²) in [4.78, 5) is 49.3. The lowest BCUT2D eigenvalue weighted by atomic mass is 9.80. The number of sulfonamides is 1. The molecule has 272 valence electrons. The lowest BCUT2D eigenvalue weighted by Gasteiger charge is -2.51. The summed E-state index contributed by atoms with van der Waals surface area (Å²) in [5.41, 5.74) is -2.48. The van der Waals surface area contributed by atoms with Crippen LogP contribution in [0.1, 0.15) is 31.2 Å². The Bertz CT molecular complexity index is 1640. The van der Waals surface area contributed by atoms with Crippen molar-refractivity contribution in [3.8, 4) is 17.2 Å². The maximum Gasteiger partial charge on any atom is 0.573 e. The Morgan fingerprint density at radius 3 is 1.94 bits per heavy atom. The third kappa shape index (κ3) is 7.86. The molecule has 0 aliphatic carbocycles. The third-order valence-electron chi connectivity index (χ3n) is 9.11. The topological polar surface area (TPSA) is 193 Å². The van der Waals surface area contributed by atoms with Gasteiger partial charge in [0, 0.05) is 26.2 Å². The van der Waals surface area contributed by atoms with Crippen molar-refractivity contribution >= 4 is 34.3 Å². The van der Waals surface area contributed by atoms with Gasteiger partial charge in [-0.2, -0.15) is 4.31 Å². The van der Waals surface area contributed by atoms with Crippen LogP contribution in [0, 0.1) is 0 Å². The first-order chi connectivity index (χ1) is 23.7. The average Bonchev–Trinajstić information content (AvgIpc) is 3.07. The molecule has 2 aromatic rings. The number of nitrogens with one attached hydrogen (secondary N) is 3. The number of ether oxygens (including phenoxy) is 3. The average molecular weight is 728 g/mol. The molecule has 0 saturated carbocycles. The number of benzene rings is 2. The van der Waals surface area contributed by atoms with Crippen LogP contribution in [0.3, 0.4) is 0 Å². The number of carbonyl (C=O) groups excluding carboxylic acids is 3. The number of alkyl halides is 3. The van der Waals surface area contributed by atoms with Crippen LogP contribution in [-0.4, -0.2) is 110 Å². The zero-order valence-electron chi connectivity index (χ0n) is 26.6. The van der Waals surface area contributed by atoms with Crippen molar-refractivity contribution in [2.75, 3.05) is 45.9 Å². The number of hydrogen-bond acceptors (Lipinski definition) is 11. The zero-order chi connectivity index (χ0) is 36.2. The second-order valence-electron chi connectivity index (χ2n) is 12.0. The number of hydrogen-bond donors (Lipinski definition) is 4. The van der Waals surface area contributed by atoms with Crippen LogP contribution in [0.15, 0.2) is 48.5 Å². The van der Waals surface area contributed by atoms with Crippen LogP contribution in [0.4, 0.5) is 18.0 Å². The molecule has 0 unspecified atom stereocenters. The summed E-state index contributed by atoms with van der Waals surface area (Å²) in [6, 6.07) is 9.82. The predicted octanol–water partition coefficient (Wildman–Crippen LogP) is 1.89. The zero-order valence-corrected chi connectivity index (χ0v) is 27.4. The monoisotopic (exact) mass is 727 g/mol. The highest BCUT2D eigenvalue weighted by Crippen LogP contribution is 2.40. The minimum atomic E-state index is -4.83. The number of rotatable bonds is 7. The Hall–Kier alpha value is -4.30. The highest BCUT2D eigenvalue weighted by molar-refractivity contribution is 7.89. The van der Waals surface area contributed by atoms with Crippen LogP contribution in [0.2, 0.25) is 0 Å². The van der Waals surface area contributed by atoms with Crippen LogP contribution < -0.4 is 25.4 Å². The molecule has 4 amide bonds. The van der Waals surface area contributed by atoms with Gasteiger partial charge in [-0.05, 0) is 80.7 Å². The Labute approximate surface area is 285 Å². The third-order valence-corrected chi connectivity index (χ3v) is 11.5. The number of halogens is 3. The van der Waals surface area contributed by atoms with Gasteiger partial charge in [0.2, 0.25) is 15.6 Å². The summed E-state index contributed by atoms with van der Waals surface area (Å²) >= 11 is 0. The lowest BCUT2D eigenvalue weighted by Crippen LogP contribution is -2.73. The van der Waals surface area contributed by atoms with E-state index in [0.717, 1.165) is 12.1 Å². The largest absolute Gasteiger partial charge is 0.573 e. The molecule has 4 fully saturated rings. The fourth-order valence-electron chi connectivity index (χ4n) is 6.75. The molecule has 0 aromatic heterocycles. The standard InChI is InChI=1S/C30H34F3N5O8S.CH2O2/c31-30(32,33)46-23-7-5-22(6-8-23)45-21-3-1-20(2-4-21)29(25(39)35-27(41)36-26(29)40)37-15-11-28(12-16-37)19-38(17-18-44-28)47(42,43)24-9-13-34-14-10-24;2-1-3/h1-8,24,34H,9-19H2,(H2,35,36,39,40,41);1H,(H,2,3). The molecule has 50 heavy (non-hydrogen) atoms. The first-order valence-corrected chi connectivity index (χ1v) is 17.2. The van der Waals surface area contributed by atoms with Gasteiger partial charge in [-0.1, -0.05) is 12.1 Å². The van der Waals surface area contributed by atoms with Crippen molar-refractivity contribution in [1.29, 1.82) is 0 Å². The summed E-state index contributed by atoms with van der Waals surface area (Å²) in [5.74, 6) is -1.61. The van der Waals surface area contributed by atoms with Gasteiger partial charge in [0.15, 0.2) is 0 Å². The van der Waals surface area contributed by atoms with E-state index < -0.39 is 56.4 Å². The summed E-state index contributed by atoms with van der Waals surface area (Å²) in [6.07, 6.45) is -3.09. The predicted molar refractivity (Wildman–Crippen MR) is 168 cm³/mol. The van der Waals surface area contributed by atoms with Crippen molar-refractivity contribution in [3.63, 3.8) is 0 Å². The van der Waals surface area contributed by atoms with Crippen LogP contribution >= 0.6 is 0 Å². The van der Waals surface area contributed by atoms with Gasteiger partial charge in [-0.3, -0.25) is 29.9 Å². The molecule has 4 heterocycles. The molecular formula is C31H36F3N5O10S. The Kier molecular flexibility index (Phi) is 11.0. The fraction of sp³-hybridized carbons (Fsp3) is 0.484. The molecule has 19 heteroatoms. The van der Waals surface area contributed by atoms with E-state index in [1.165, 1.54) is 40.7 Å². The smallest absolute Gasteiger partial charge is 0.483 e. The number of nitrogens with zero attached hydrogens (tertiary/aromatic N) is 2. The molecule has 1 spiro atoms. The highest BCUT2D eigenvalue weighted by atomic mass is 32.2. The Balaban J connectivity index is 0.00000156. The first kappa shape index (κ1) is 37.0. The number of likely N-dealkylation sites (tertiary alicyclic amines) is 1.